The Bertz CT molecular complexity index is 1050. The van der Waals surface area contributed by atoms with E-state index in [1.165, 1.54) is 18.3 Å². The van der Waals surface area contributed by atoms with E-state index in [1.807, 2.05) is 0 Å². The van der Waals surface area contributed by atoms with E-state index in [-0.39, 0.29) is 10.6 Å². The van der Waals surface area contributed by atoms with E-state index in [2.05, 4.69) is 15.3 Å². The van der Waals surface area contributed by atoms with E-state index in [0.717, 1.165) is 11.3 Å². The number of ether oxygens (including phenoxy) is 1. The molecule has 0 radical (unpaired) electrons. The van der Waals surface area contributed by atoms with Gasteiger partial charge in [-0.1, -0.05) is 11.6 Å². The molecular formula is C15H9ClN4O4S. The Morgan fingerprint density at radius 3 is 2.88 bits per heavy atom. The molecule has 126 valence electrons. The Kier molecular flexibility index (Phi) is 3.48. The molecule has 3 heterocycles. The van der Waals surface area contributed by atoms with Crippen LogP contribution in [0.1, 0.15) is 9.67 Å². The molecule has 0 saturated carbocycles. The van der Waals surface area contributed by atoms with Gasteiger partial charge in [0.2, 0.25) is 0 Å². The lowest BCUT2D eigenvalue weighted by atomic mass is 10.2. The number of hydrogen-bond donors (Lipinski definition) is 2. The molecule has 3 aromatic rings. The normalized spacial score (nSPS) is 13.0. The Morgan fingerprint density at radius 1 is 1.40 bits per heavy atom. The number of thiophene rings is 1. The smallest absolute Gasteiger partial charge is 0.348 e. The maximum absolute atomic E-state index is 12.6. The number of aromatic nitrogens is 2. The van der Waals surface area contributed by atoms with Crippen LogP contribution in [0.25, 0.3) is 10.2 Å². The van der Waals surface area contributed by atoms with Gasteiger partial charge in [-0.05, 0) is 18.2 Å². The summed E-state index contributed by atoms with van der Waals surface area (Å²) in [5, 5.41) is 12.8. The molecule has 1 aliphatic heterocycles. The molecule has 8 nitrogen and oxygen atoms in total. The highest BCUT2D eigenvalue weighted by molar-refractivity contribution is 7.21. The molecule has 0 atom stereocenters. The fourth-order valence-electron chi connectivity index (χ4n) is 2.65. The van der Waals surface area contributed by atoms with Crippen LogP contribution in [0.5, 0.6) is 5.75 Å². The van der Waals surface area contributed by atoms with Crippen molar-refractivity contribution in [3.8, 4) is 5.75 Å². The fraction of sp³-hybridized carbons (Fsp3) is 0.0667. The van der Waals surface area contributed by atoms with Crippen molar-refractivity contribution >= 4 is 62.3 Å². The number of benzene rings is 1. The Labute approximate surface area is 149 Å². The van der Waals surface area contributed by atoms with E-state index < -0.39 is 12.0 Å². The number of carbonyl (C=O) groups excluding carboxylic acids is 1. The Balaban J connectivity index is 1.95. The van der Waals surface area contributed by atoms with Crippen LogP contribution in [0, 0.1) is 0 Å². The summed E-state index contributed by atoms with van der Waals surface area (Å²) in [6.07, 6.45) is 1.29. The molecule has 0 saturated heterocycles. The SMILES string of the molecule is COc1ccc(N2C(=O)Nc3c(C(=O)O)sc4ncnc2c34)cc1Cl. The molecule has 4 rings (SSSR count). The van der Waals surface area contributed by atoms with Gasteiger partial charge in [-0.15, -0.1) is 11.3 Å². The van der Waals surface area contributed by atoms with Crippen LogP contribution in [0.3, 0.4) is 0 Å². The molecule has 0 unspecified atom stereocenters. The minimum atomic E-state index is -1.13. The molecule has 0 bridgehead atoms. The average molecular weight is 377 g/mol. The summed E-state index contributed by atoms with van der Waals surface area (Å²) >= 11 is 7.13. The number of nitrogens with zero attached hydrogens (tertiary/aromatic N) is 3. The molecule has 2 N–H and O–H groups in total. The van der Waals surface area contributed by atoms with Crippen molar-refractivity contribution < 1.29 is 19.4 Å². The highest BCUT2D eigenvalue weighted by Crippen LogP contribution is 2.45. The van der Waals surface area contributed by atoms with Gasteiger partial charge in [0.15, 0.2) is 5.82 Å². The van der Waals surface area contributed by atoms with Crippen LogP contribution < -0.4 is 15.0 Å². The quantitative estimate of drug-likeness (QED) is 0.721. The van der Waals surface area contributed by atoms with Gasteiger partial charge in [-0.25, -0.2) is 24.5 Å². The lowest BCUT2D eigenvalue weighted by Crippen LogP contribution is -2.34. The average Bonchev–Trinajstić information content (AvgIpc) is 2.95. The second-order valence-electron chi connectivity index (χ2n) is 5.07. The minimum absolute atomic E-state index is 0.0116. The highest BCUT2D eigenvalue weighted by Gasteiger charge is 2.33. The molecule has 1 aliphatic rings. The maximum Gasteiger partial charge on any atom is 0.348 e. The number of nitrogens with one attached hydrogen (secondary N) is 1. The number of amides is 2. The van der Waals surface area contributed by atoms with Crippen molar-refractivity contribution in [2.24, 2.45) is 0 Å². The van der Waals surface area contributed by atoms with Crippen molar-refractivity contribution in [1.29, 1.82) is 0 Å². The number of halogens is 1. The summed E-state index contributed by atoms with van der Waals surface area (Å²) in [7, 11) is 1.49. The first kappa shape index (κ1) is 15.6. The van der Waals surface area contributed by atoms with E-state index in [9.17, 15) is 14.7 Å². The minimum Gasteiger partial charge on any atom is -0.495 e. The van der Waals surface area contributed by atoms with E-state index in [1.54, 1.807) is 18.2 Å². The Hall–Kier alpha value is -2.91. The third kappa shape index (κ3) is 2.28. The van der Waals surface area contributed by atoms with Crippen LogP contribution in [0.15, 0.2) is 24.5 Å². The number of methoxy groups -OCH3 is 1. The largest absolute Gasteiger partial charge is 0.495 e. The van der Waals surface area contributed by atoms with Gasteiger partial charge in [0.1, 0.15) is 21.8 Å². The number of anilines is 3. The summed E-state index contributed by atoms with van der Waals surface area (Å²) in [4.78, 5) is 34.1. The predicted octanol–water partition coefficient (Wildman–Crippen LogP) is 3.74. The molecular weight excluding hydrogens is 368 g/mol. The highest BCUT2D eigenvalue weighted by atomic mass is 35.5. The molecule has 0 aliphatic carbocycles. The van der Waals surface area contributed by atoms with Gasteiger partial charge in [0, 0.05) is 0 Å². The van der Waals surface area contributed by atoms with Crippen molar-refractivity contribution in [2.75, 3.05) is 17.3 Å². The summed E-state index contributed by atoms with van der Waals surface area (Å²) in [6, 6.07) is 4.33. The predicted molar refractivity (Wildman–Crippen MR) is 93.5 cm³/mol. The van der Waals surface area contributed by atoms with E-state index >= 15 is 0 Å². The van der Waals surface area contributed by atoms with Crippen LogP contribution >= 0.6 is 22.9 Å². The number of carboxylic acid groups (broad SMARTS) is 1. The molecule has 2 aromatic heterocycles. The monoisotopic (exact) mass is 376 g/mol. The zero-order chi connectivity index (χ0) is 17.7. The van der Waals surface area contributed by atoms with Crippen molar-refractivity contribution in [1.82, 2.24) is 9.97 Å². The van der Waals surface area contributed by atoms with Crippen LogP contribution in [0.2, 0.25) is 5.02 Å². The zero-order valence-electron chi connectivity index (χ0n) is 12.6. The number of carbonyl (C=O) groups is 2. The lowest BCUT2D eigenvalue weighted by molar-refractivity contribution is 0.0703. The van der Waals surface area contributed by atoms with Crippen molar-refractivity contribution in [3.63, 3.8) is 0 Å². The number of carboxylic acids is 1. The fourth-order valence-corrected chi connectivity index (χ4v) is 3.83. The summed E-state index contributed by atoms with van der Waals surface area (Å²) in [5.74, 6) is -0.362. The summed E-state index contributed by atoms with van der Waals surface area (Å²) < 4.78 is 5.12. The van der Waals surface area contributed by atoms with Gasteiger partial charge in [-0.2, -0.15) is 0 Å². The first-order chi connectivity index (χ1) is 12.0. The second-order valence-corrected chi connectivity index (χ2v) is 6.48. The number of aromatic carboxylic acids is 1. The molecule has 25 heavy (non-hydrogen) atoms. The summed E-state index contributed by atoms with van der Waals surface area (Å²) in [5.41, 5.74) is 0.681. The summed E-state index contributed by atoms with van der Waals surface area (Å²) in [6.45, 7) is 0. The standard InChI is InChI=1S/C15H9ClN4O4S/c1-24-8-3-2-6(4-7(8)16)20-12-9-10(19-15(20)23)11(14(21)22)25-13(9)18-5-17-12/h2-5H,1H3,(H,19,23)(H,21,22). The molecule has 0 fully saturated rings. The number of rotatable bonds is 3. The van der Waals surface area contributed by atoms with Crippen LogP contribution in [0.4, 0.5) is 22.0 Å². The molecule has 1 aromatic carbocycles. The second kappa shape index (κ2) is 5.57. The van der Waals surface area contributed by atoms with Crippen LogP contribution in [-0.2, 0) is 0 Å². The molecule has 2 amide bonds. The Morgan fingerprint density at radius 2 is 2.20 bits per heavy atom. The third-order valence-corrected chi connectivity index (χ3v) is 5.08. The van der Waals surface area contributed by atoms with Crippen molar-refractivity contribution in [2.45, 2.75) is 0 Å². The zero-order valence-corrected chi connectivity index (χ0v) is 14.2. The van der Waals surface area contributed by atoms with Gasteiger partial charge < -0.3 is 15.2 Å². The maximum atomic E-state index is 12.6. The van der Waals surface area contributed by atoms with E-state index in [0.29, 0.717) is 32.5 Å². The number of hydrogen-bond acceptors (Lipinski definition) is 6. The van der Waals surface area contributed by atoms with Gasteiger partial charge in [0.05, 0.1) is 28.9 Å². The van der Waals surface area contributed by atoms with Crippen molar-refractivity contribution in [3.05, 3.63) is 34.4 Å². The first-order valence-electron chi connectivity index (χ1n) is 6.96. The first-order valence-corrected chi connectivity index (χ1v) is 8.16. The molecule has 10 heteroatoms. The van der Waals surface area contributed by atoms with Gasteiger partial charge in [0.25, 0.3) is 0 Å². The van der Waals surface area contributed by atoms with E-state index in [4.69, 9.17) is 16.3 Å². The third-order valence-electron chi connectivity index (χ3n) is 3.70. The van der Waals surface area contributed by atoms with Crippen LogP contribution in [-0.4, -0.2) is 34.2 Å². The number of urea groups is 1. The topological polar surface area (TPSA) is 105 Å². The molecule has 0 spiro atoms. The van der Waals surface area contributed by atoms with Gasteiger partial charge in [-0.3, -0.25) is 0 Å². The lowest BCUT2D eigenvalue weighted by Gasteiger charge is -2.27. The van der Waals surface area contributed by atoms with Gasteiger partial charge >= 0.3 is 12.0 Å².